The highest BCUT2D eigenvalue weighted by molar-refractivity contribution is 6.38. The van der Waals surface area contributed by atoms with E-state index in [1.165, 1.54) is 0 Å². The molecule has 1 aromatic heterocycles. The molecular formula is C10H7NO7. The molecule has 94 valence electrons. The van der Waals surface area contributed by atoms with Crippen molar-refractivity contribution in [1.29, 1.82) is 0 Å². The van der Waals surface area contributed by atoms with Crippen molar-refractivity contribution >= 4 is 23.8 Å². The average Bonchev–Trinajstić information content (AvgIpc) is 2.26. The Bertz CT molecular complexity index is 611. The fraction of sp³-hybridized carbons (Fsp3) is 0. The molecule has 1 rings (SSSR count). The van der Waals surface area contributed by atoms with Gasteiger partial charge in [-0.15, -0.1) is 0 Å². The lowest BCUT2D eigenvalue weighted by atomic mass is 10.2. The standard InChI is InChI=1S/C10H7NO7/c12-6(10(17)18)2-1-4-7(13)3-5(9(15)16)11-8(4)14/h1-3H,(H,15,16)(H,17,18)(H2,11,13,14). The number of aliphatic carboxylic acids is 1. The number of carbonyl (C=O) groups excluding carboxylic acids is 1. The van der Waals surface area contributed by atoms with Crippen molar-refractivity contribution in [3.63, 3.8) is 0 Å². The van der Waals surface area contributed by atoms with Crippen LogP contribution in [-0.4, -0.2) is 38.0 Å². The molecule has 0 saturated heterocycles. The average molecular weight is 253 g/mol. The van der Waals surface area contributed by atoms with Crippen LogP contribution >= 0.6 is 0 Å². The van der Waals surface area contributed by atoms with Gasteiger partial charge in [0.25, 0.3) is 11.3 Å². The van der Waals surface area contributed by atoms with E-state index in [0.717, 1.165) is 12.1 Å². The second-order valence-corrected chi connectivity index (χ2v) is 3.12. The van der Waals surface area contributed by atoms with Gasteiger partial charge < -0.3 is 20.3 Å². The largest absolute Gasteiger partial charge is 0.507 e. The summed E-state index contributed by atoms with van der Waals surface area (Å²) in [4.78, 5) is 44.8. The van der Waals surface area contributed by atoms with E-state index in [-0.39, 0.29) is 0 Å². The molecular weight excluding hydrogens is 246 g/mol. The molecule has 0 fully saturated rings. The molecule has 8 heteroatoms. The number of rotatable bonds is 4. The van der Waals surface area contributed by atoms with Gasteiger partial charge in [0.15, 0.2) is 0 Å². The Morgan fingerprint density at radius 1 is 1.22 bits per heavy atom. The number of aromatic amines is 1. The number of H-pyrrole nitrogens is 1. The molecule has 0 aliphatic carbocycles. The summed E-state index contributed by atoms with van der Waals surface area (Å²) in [6.07, 6.45) is 1.36. The summed E-state index contributed by atoms with van der Waals surface area (Å²) in [5.41, 5.74) is -1.89. The first-order chi connectivity index (χ1) is 8.32. The van der Waals surface area contributed by atoms with Crippen LogP contribution in [0, 0.1) is 0 Å². The molecule has 0 radical (unpaired) electrons. The van der Waals surface area contributed by atoms with Crippen LogP contribution in [-0.2, 0) is 9.59 Å². The van der Waals surface area contributed by atoms with Crippen LogP contribution in [0.4, 0.5) is 0 Å². The van der Waals surface area contributed by atoms with E-state index >= 15 is 0 Å². The first kappa shape index (κ1) is 13.2. The summed E-state index contributed by atoms with van der Waals surface area (Å²) in [5, 5.41) is 26.3. The minimum absolute atomic E-state index is 0.408. The van der Waals surface area contributed by atoms with Crippen molar-refractivity contribution in [2.75, 3.05) is 0 Å². The van der Waals surface area contributed by atoms with Crippen molar-refractivity contribution in [3.05, 3.63) is 33.8 Å². The monoisotopic (exact) mass is 253 g/mol. The van der Waals surface area contributed by atoms with Gasteiger partial charge in [0, 0.05) is 6.07 Å². The van der Waals surface area contributed by atoms with E-state index in [0.29, 0.717) is 6.08 Å². The highest BCUT2D eigenvalue weighted by Gasteiger charge is 2.12. The Labute approximate surface area is 98.8 Å². The molecule has 1 aromatic rings. The Balaban J connectivity index is 3.20. The molecule has 0 saturated carbocycles. The molecule has 0 aliphatic rings. The topological polar surface area (TPSA) is 145 Å². The lowest BCUT2D eigenvalue weighted by Gasteiger charge is -2.00. The summed E-state index contributed by atoms with van der Waals surface area (Å²) < 4.78 is 0. The van der Waals surface area contributed by atoms with E-state index in [1.54, 1.807) is 0 Å². The first-order valence-electron chi connectivity index (χ1n) is 4.48. The highest BCUT2D eigenvalue weighted by Crippen LogP contribution is 2.14. The molecule has 0 amide bonds. The summed E-state index contributed by atoms with van der Waals surface area (Å²) in [6.45, 7) is 0. The van der Waals surface area contributed by atoms with Crippen LogP contribution in [0.2, 0.25) is 0 Å². The third-order valence-electron chi connectivity index (χ3n) is 1.89. The van der Waals surface area contributed by atoms with Gasteiger partial charge >= 0.3 is 11.9 Å². The zero-order valence-electron chi connectivity index (χ0n) is 8.71. The van der Waals surface area contributed by atoms with Gasteiger partial charge in [0.05, 0.1) is 5.56 Å². The van der Waals surface area contributed by atoms with E-state index in [2.05, 4.69) is 0 Å². The zero-order chi connectivity index (χ0) is 13.9. The van der Waals surface area contributed by atoms with Crippen LogP contribution < -0.4 is 5.56 Å². The summed E-state index contributed by atoms with van der Waals surface area (Å²) >= 11 is 0. The van der Waals surface area contributed by atoms with Gasteiger partial charge in [-0.25, -0.2) is 9.59 Å². The number of aromatic nitrogens is 1. The summed E-state index contributed by atoms with van der Waals surface area (Å²) in [7, 11) is 0. The number of ketones is 1. The molecule has 4 N–H and O–H groups in total. The summed E-state index contributed by atoms with van der Waals surface area (Å²) in [6, 6.07) is 0.772. The summed E-state index contributed by atoms with van der Waals surface area (Å²) in [5.74, 6) is -5.12. The predicted octanol–water partition coefficient (Wildman–Crippen LogP) is -0.554. The SMILES string of the molecule is O=C(O)C(=O)C=Cc1c(O)cc(C(=O)O)[nH]c1=O. The van der Waals surface area contributed by atoms with Crippen LogP contribution in [0.3, 0.4) is 0 Å². The molecule has 0 atom stereocenters. The fourth-order valence-corrected chi connectivity index (χ4v) is 1.06. The van der Waals surface area contributed by atoms with Crippen LogP contribution in [0.25, 0.3) is 6.08 Å². The van der Waals surface area contributed by atoms with E-state index in [9.17, 15) is 24.3 Å². The third kappa shape index (κ3) is 2.82. The van der Waals surface area contributed by atoms with E-state index in [1.807, 2.05) is 4.98 Å². The maximum Gasteiger partial charge on any atom is 0.376 e. The van der Waals surface area contributed by atoms with Gasteiger partial charge in [-0.1, -0.05) is 0 Å². The first-order valence-corrected chi connectivity index (χ1v) is 4.48. The van der Waals surface area contributed by atoms with Gasteiger partial charge in [-0.3, -0.25) is 9.59 Å². The third-order valence-corrected chi connectivity index (χ3v) is 1.89. The molecule has 18 heavy (non-hydrogen) atoms. The zero-order valence-corrected chi connectivity index (χ0v) is 8.71. The lowest BCUT2D eigenvalue weighted by Crippen LogP contribution is -2.15. The molecule has 1 heterocycles. The minimum atomic E-state index is -1.72. The highest BCUT2D eigenvalue weighted by atomic mass is 16.4. The van der Waals surface area contributed by atoms with Crippen LogP contribution in [0.15, 0.2) is 16.9 Å². The van der Waals surface area contributed by atoms with Gasteiger partial charge in [-0.05, 0) is 12.2 Å². The lowest BCUT2D eigenvalue weighted by molar-refractivity contribution is -0.146. The number of hydrogen-bond acceptors (Lipinski definition) is 5. The number of carboxylic acid groups (broad SMARTS) is 2. The van der Waals surface area contributed by atoms with E-state index in [4.69, 9.17) is 10.2 Å². The van der Waals surface area contributed by atoms with Gasteiger partial charge in [-0.2, -0.15) is 0 Å². The Morgan fingerprint density at radius 2 is 1.83 bits per heavy atom. The van der Waals surface area contributed by atoms with Crippen molar-refractivity contribution in [2.45, 2.75) is 0 Å². The normalized spacial score (nSPS) is 10.4. The smallest absolute Gasteiger partial charge is 0.376 e. The number of carboxylic acids is 2. The molecule has 0 aromatic carbocycles. The van der Waals surface area contributed by atoms with Crippen molar-refractivity contribution in [2.24, 2.45) is 0 Å². The minimum Gasteiger partial charge on any atom is -0.507 e. The number of aromatic hydroxyl groups is 1. The number of nitrogens with one attached hydrogen (secondary N) is 1. The number of carbonyl (C=O) groups is 3. The number of hydrogen-bond donors (Lipinski definition) is 4. The van der Waals surface area contributed by atoms with E-state index < -0.39 is 40.3 Å². The molecule has 0 bridgehead atoms. The Morgan fingerprint density at radius 3 is 2.28 bits per heavy atom. The quantitative estimate of drug-likeness (QED) is 0.416. The Hall–Kier alpha value is -2.90. The Kier molecular flexibility index (Phi) is 3.62. The van der Waals surface area contributed by atoms with Crippen molar-refractivity contribution in [3.8, 4) is 5.75 Å². The van der Waals surface area contributed by atoms with Crippen molar-refractivity contribution < 1.29 is 29.7 Å². The van der Waals surface area contributed by atoms with Crippen molar-refractivity contribution in [1.82, 2.24) is 4.98 Å². The molecule has 8 nitrogen and oxygen atoms in total. The fourth-order valence-electron chi connectivity index (χ4n) is 1.06. The molecule has 0 aliphatic heterocycles. The van der Waals surface area contributed by atoms with Crippen LogP contribution in [0.1, 0.15) is 16.1 Å². The van der Waals surface area contributed by atoms with Gasteiger partial charge in [0.2, 0.25) is 0 Å². The van der Waals surface area contributed by atoms with Crippen LogP contribution in [0.5, 0.6) is 5.75 Å². The second kappa shape index (κ2) is 4.95. The molecule has 0 spiro atoms. The second-order valence-electron chi connectivity index (χ2n) is 3.12. The maximum absolute atomic E-state index is 11.4. The number of pyridine rings is 1. The predicted molar refractivity (Wildman–Crippen MR) is 57.4 cm³/mol. The maximum atomic E-state index is 11.4. The number of aromatic carboxylic acids is 1. The van der Waals surface area contributed by atoms with Gasteiger partial charge in [0.1, 0.15) is 11.4 Å². The molecule has 0 unspecified atom stereocenters.